The summed E-state index contributed by atoms with van der Waals surface area (Å²) in [5, 5.41) is 8.69. The van der Waals surface area contributed by atoms with E-state index in [4.69, 9.17) is 9.84 Å². The summed E-state index contributed by atoms with van der Waals surface area (Å²) in [4.78, 5) is 10.6. The molecule has 1 saturated heterocycles. The van der Waals surface area contributed by atoms with Crippen molar-refractivity contribution in [2.75, 3.05) is 0 Å². The summed E-state index contributed by atoms with van der Waals surface area (Å²) in [5.74, 6) is -0.894. The number of rotatable bonds is 3. The molecule has 72 valence electrons. The molecule has 0 amide bonds. The molecular weight excluding hydrogens is 168 g/mol. The Hall–Kier alpha value is -0.830. The van der Waals surface area contributed by atoms with Crippen molar-refractivity contribution in [3.05, 3.63) is 12.2 Å². The molecule has 1 saturated carbocycles. The number of fused-ring (bicyclic) bond motifs is 1. The Morgan fingerprint density at radius 1 is 1.62 bits per heavy atom. The summed E-state index contributed by atoms with van der Waals surface area (Å²) >= 11 is 0. The largest absolute Gasteiger partial charge is 0.478 e. The average molecular weight is 182 g/mol. The van der Waals surface area contributed by atoms with E-state index in [0.717, 1.165) is 19.3 Å². The van der Waals surface area contributed by atoms with Gasteiger partial charge >= 0.3 is 5.97 Å². The van der Waals surface area contributed by atoms with Crippen LogP contribution in [0.1, 0.15) is 32.1 Å². The Morgan fingerprint density at radius 3 is 3.00 bits per heavy atom. The standard InChI is InChI=1S/C10H14O3/c1-7(9(11)12)6-10-5-3-2-4-8(10)13-10/h8H,1-6H2,(H,11,12). The molecule has 0 spiro atoms. The molecule has 2 unspecified atom stereocenters. The van der Waals surface area contributed by atoms with Gasteiger partial charge in [0.2, 0.25) is 0 Å². The third kappa shape index (κ3) is 1.48. The maximum absolute atomic E-state index is 10.6. The summed E-state index contributed by atoms with van der Waals surface area (Å²) in [6.45, 7) is 3.54. The van der Waals surface area contributed by atoms with Crippen LogP contribution >= 0.6 is 0 Å². The molecule has 13 heavy (non-hydrogen) atoms. The number of epoxide rings is 1. The molecule has 2 aliphatic rings. The van der Waals surface area contributed by atoms with Crippen LogP contribution in [0, 0.1) is 0 Å². The van der Waals surface area contributed by atoms with E-state index < -0.39 is 5.97 Å². The maximum Gasteiger partial charge on any atom is 0.331 e. The predicted octanol–water partition coefficient (Wildman–Crippen LogP) is 1.73. The van der Waals surface area contributed by atoms with E-state index in [2.05, 4.69) is 6.58 Å². The van der Waals surface area contributed by atoms with Gasteiger partial charge in [-0.05, 0) is 12.8 Å². The van der Waals surface area contributed by atoms with Gasteiger partial charge in [0, 0.05) is 12.0 Å². The summed E-state index contributed by atoms with van der Waals surface area (Å²) in [7, 11) is 0. The fourth-order valence-corrected chi connectivity index (χ4v) is 2.23. The van der Waals surface area contributed by atoms with Crippen molar-refractivity contribution >= 4 is 5.97 Å². The second kappa shape index (κ2) is 2.84. The summed E-state index contributed by atoms with van der Waals surface area (Å²) in [6.07, 6.45) is 5.29. The molecule has 0 aromatic rings. The molecule has 1 aliphatic carbocycles. The molecule has 0 radical (unpaired) electrons. The Morgan fingerprint density at radius 2 is 2.38 bits per heavy atom. The van der Waals surface area contributed by atoms with Crippen LogP contribution < -0.4 is 0 Å². The van der Waals surface area contributed by atoms with Gasteiger partial charge in [-0.2, -0.15) is 0 Å². The molecule has 1 N–H and O–H groups in total. The van der Waals surface area contributed by atoms with E-state index in [1.54, 1.807) is 0 Å². The number of hydrogen-bond acceptors (Lipinski definition) is 2. The van der Waals surface area contributed by atoms with Crippen LogP contribution in [0.4, 0.5) is 0 Å². The zero-order chi connectivity index (χ0) is 9.47. The van der Waals surface area contributed by atoms with Crippen LogP contribution in [0.5, 0.6) is 0 Å². The smallest absolute Gasteiger partial charge is 0.331 e. The van der Waals surface area contributed by atoms with Crippen molar-refractivity contribution in [1.29, 1.82) is 0 Å². The molecule has 2 rings (SSSR count). The minimum atomic E-state index is -0.894. The zero-order valence-electron chi connectivity index (χ0n) is 7.58. The number of aliphatic carboxylic acids is 1. The van der Waals surface area contributed by atoms with E-state index in [9.17, 15) is 4.79 Å². The molecule has 0 bridgehead atoms. The van der Waals surface area contributed by atoms with E-state index in [1.807, 2.05) is 0 Å². The average Bonchev–Trinajstić information content (AvgIpc) is 2.77. The van der Waals surface area contributed by atoms with Crippen molar-refractivity contribution in [3.63, 3.8) is 0 Å². The second-order valence-corrected chi connectivity index (χ2v) is 4.00. The van der Waals surface area contributed by atoms with Crippen LogP contribution in [-0.2, 0) is 9.53 Å². The van der Waals surface area contributed by atoms with Crippen LogP contribution in [0.15, 0.2) is 12.2 Å². The molecule has 3 nitrogen and oxygen atoms in total. The molecule has 0 aromatic heterocycles. The Kier molecular flexibility index (Phi) is 1.91. The van der Waals surface area contributed by atoms with E-state index in [1.165, 1.54) is 6.42 Å². The Balaban J connectivity index is 1.95. The highest BCUT2D eigenvalue weighted by Crippen LogP contribution is 2.51. The van der Waals surface area contributed by atoms with Crippen molar-refractivity contribution in [2.45, 2.75) is 43.8 Å². The molecule has 1 aliphatic heterocycles. The van der Waals surface area contributed by atoms with Gasteiger partial charge in [0.05, 0.1) is 11.7 Å². The molecule has 2 atom stereocenters. The number of hydrogen-bond donors (Lipinski definition) is 1. The predicted molar refractivity (Wildman–Crippen MR) is 47.5 cm³/mol. The molecule has 3 heteroatoms. The second-order valence-electron chi connectivity index (χ2n) is 4.00. The first-order valence-electron chi connectivity index (χ1n) is 4.73. The first-order valence-corrected chi connectivity index (χ1v) is 4.73. The molecule has 1 heterocycles. The van der Waals surface area contributed by atoms with Crippen molar-refractivity contribution in [2.24, 2.45) is 0 Å². The summed E-state index contributed by atoms with van der Waals surface area (Å²) in [6, 6.07) is 0. The topological polar surface area (TPSA) is 49.8 Å². The lowest BCUT2D eigenvalue weighted by Gasteiger charge is -2.16. The Labute approximate surface area is 77.4 Å². The lowest BCUT2D eigenvalue weighted by Crippen LogP contribution is -2.21. The minimum Gasteiger partial charge on any atom is -0.478 e. The van der Waals surface area contributed by atoms with Crippen LogP contribution in [-0.4, -0.2) is 22.8 Å². The third-order valence-electron chi connectivity index (χ3n) is 3.04. The monoisotopic (exact) mass is 182 g/mol. The normalized spacial score (nSPS) is 36.5. The van der Waals surface area contributed by atoms with Gasteiger partial charge < -0.3 is 9.84 Å². The first-order chi connectivity index (χ1) is 6.14. The van der Waals surface area contributed by atoms with Gasteiger partial charge in [-0.3, -0.25) is 0 Å². The van der Waals surface area contributed by atoms with E-state index in [0.29, 0.717) is 12.5 Å². The SMILES string of the molecule is C=C(CC12CCCCC1O2)C(=O)O. The van der Waals surface area contributed by atoms with Crippen molar-refractivity contribution in [3.8, 4) is 0 Å². The number of carbonyl (C=O) groups is 1. The molecule has 0 aromatic carbocycles. The summed E-state index contributed by atoms with van der Waals surface area (Å²) in [5.41, 5.74) is 0.151. The van der Waals surface area contributed by atoms with Crippen LogP contribution in [0.25, 0.3) is 0 Å². The lowest BCUT2D eigenvalue weighted by molar-refractivity contribution is -0.132. The first kappa shape index (κ1) is 8.75. The van der Waals surface area contributed by atoms with Crippen LogP contribution in [0.3, 0.4) is 0 Å². The number of carboxylic acids is 1. The van der Waals surface area contributed by atoms with Gasteiger partial charge in [-0.15, -0.1) is 0 Å². The van der Waals surface area contributed by atoms with Gasteiger partial charge in [-0.1, -0.05) is 19.4 Å². The zero-order valence-corrected chi connectivity index (χ0v) is 7.58. The van der Waals surface area contributed by atoms with Crippen molar-refractivity contribution in [1.82, 2.24) is 0 Å². The van der Waals surface area contributed by atoms with E-state index in [-0.39, 0.29) is 11.2 Å². The number of carboxylic acid groups (broad SMARTS) is 1. The lowest BCUT2D eigenvalue weighted by atomic mass is 9.85. The Bertz CT molecular complexity index is 259. The van der Waals surface area contributed by atoms with Crippen molar-refractivity contribution < 1.29 is 14.6 Å². The van der Waals surface area contributed by atoms with Gasteiger partial charge in [-0.25, -0.2) is 4.79 Å². The fraction of sp³-hybridized carbons (Fsp3) is 0.700. The fourth-order valence-electron chi connectivity index (χ4n) is 2.23. The maximum atomic E-state index is 10.6. The molecule has 2 fully saturated rings. The van der Waals surface area contributed by atoms with Gasteiger partial charge in [0.1, 0.15) is 0 Å². The highest BCUT2D eigenvalue weighted by molar-refractivity contribution is 5.86. The van der Waals surface area contributed by atoms with Gasteiger partial charge in [0.25, 0.3) is 0 Å². The third-order valence-corrected chi connectivity index (χ3v) is 3.04. The van der Waals surface area contributed by atoms with Gasteiger partial charge in [0.15, 0.2) is 0 Å². The highest BCUT2D eigenvalue weighted by Gasteiger charge is 2.57. The highest BCUT2D eigenvalue weighted by atomic mass is 16.6. The minimum absolute atomic E-state index is 0.131. The van der Waals surface area contributed by atoms with E-state index >= 15 is 0 Å². The number of ether oxygens (including phenoxy) is 1. The molecular formula is C10H14O3. The summed E-state index contributed by atoms with van der Waals surface area (Å²) < 4.78 is 5.56. The quantitative estimate of drug-likeness (QED) is 0.534. The van der Waals surface area contributed by atoms with Crippen LogP contribution in [0.2, 0.25) is 0 Å².